The van der Waals surface area contributed by atoms with E-state index in [1.165, 1.54) is 0 Å². The first-order valence-electron chi connectivity index (χ1n) is 10.2. The van der Waals surface area contributed by atoms with E-state index < -0.39 is 0 Å². The molecule has 3 aromatic rings. The fourth-order valence-corrected chi connectivity index (χ4v) is 2.69. The number of hydrogen-bond acceptors (Lipinski definition) is 3. The molecule has 0 radical (unpaired) electrons. The third kappa shape index (κ3) is 7.59. The van der Waals surface area contributed by atoms with Gasteiger partial charge in [0.1, 0.15) is 12.4 Å². The normalized spacial score (nSPS) is 9.59. The fraction of sp³-hybridized carbons (Fsp3) is 0.320. The van der Waals surface area contributed by atoms with Crippen LogP contribution in [0.4, 0.5) is 0 Å². The average molecular weight is 395 g/mol. The van der Waals surface area contributed by atoms with E-state index in [9.17, 15) is 4.79 Å². The third-order valence-corrected chi connectivity index (χ3v) is 4.12. The van der Waals surface area contributed by atoms with Gasteiger partial charge in [0.25, 0.3) is 5.56 Å². The highest BCUT2D eigenvalue weighted by atomic mass is 16.5. The molecule has 0 saturated carbocycles. The molecule has 1 heterocycles. The van der Waals surface area contributed by atoms with Crippen molar-refractivity contribution in [2.24, 2.45) is 5.73 Å². The lowest BCUT2D eigenvalue weighted by atomic mass is 10.2. The van der Waals surface area contributed by atoms with Gasteiger partial charge in [-0.2, -0.15) is 0 Å². The first-order chi connectivity index (χ1) is 14.1. The van der Waals surface area contributed by atoms with Crippen LogP contribution in [0, 0.1) is 13.8 Å². The van der Waals surface area contributed by atoms with Gasteiger partial charge in [-0.15, -0.1) is 0 Å². The van der Waals surface area contributed by atoms with Gasteiger partial charge in [-0.1, -0.05) is 81.4 Å². The summed E-state index contributed by atoms with van der Waals surface area (Å²) in [4.78, 5) is 12.7. The van der Waals surface area contributed by atoms with Crippen LogP contribution in [0.25, 0.3) is 0 Å². The maximum Gasteiger partial charge on any atom is 0.257 e. The summed E-state index contributed by atoms with van der Waals surface area (Å²) in [7, 11) is 0. The van der Waals surface area contributed by atoms with Gasteiger partial charge in [0.15, 0.2) is 0 Å². The summed E-state index contributed by atoms with van der Waals surface area (Å²) in [6.45, 7) is 11.5. The van der Waals surface area contributed by atoms with Crippen LogP contribution in [0.3, 0.4) is 0 Å². The topological polar surface area (TPSA) is 57.2 Å². The molecule has 0 unspecified atom stereocenters. The molecule has 0 aliphatic heterocycles. The molecule has 1 aromatic heterocycles. The van der Waals surface area contributed by atoms with E-state index in [0.717, 1.165) is 23.4 Å². The molecular formula is C25H34N2O2. The second-order valence-electron chi connectivity index (χ2n) is 6.33. The summed E-state index contributed by atoms with van der Waals surface area (Å²) < 4.78 is 7.67. The first kappa shape index (κ1) is 24.2. The van der Waals surface area contributed by atoms with Gasteiger partial charge in [0.05, 0.1) is 12.1 Å². The number of aryl methyl sites for hydroxylation is 1. The molecule has 0 saturated heterocycles. The highest BCUT2D eigenvalue weighted by Crippen LogP contribution is 2.18. The summed E-state index contributed by atoms with van der Waals surface area (Å²) in [5.74, 6) is 0.658. The number of hydrogen-bond donors (Lipinski definition) is 1. The Bertz CT molecular complexity index is 888. The van der Waals surface area contributed by atoms with Gasteiger partial charge < -0.3 is 15.0 Å². The molecule has 0 bridgehead atoms. The van der Waals surface area contributed by atoms with Gasteiger partial charge >= 0.3 is 0 Å². The van der Waals surface area contributed by atoms with E-state index in [-0.39, 0.29) is 5.56 Å². The minimum Gasteiger partial charge on any atom is -0.488 e. The standard InChI is InChI=1S/C21H21NO2.C2H7N.C2H6/c1-16-13-20(24-15-19-11-7-4-8-12-19)17(2)21(23)22(16)14-18-9-5-3-6-10-18;1-2-3;1-2/h3-13H,14-15H2,1-2H3;2-3H2,1H3;1-2H3. The highest BCUT2D eigenvalue weighted by Gasteiger charge is 2.11. The van der Waals surface area contributed by atoms with Crippen LogP contribution < -0.4 is 16.0 Å². The smallest absolute Gasteiger partial charge is 0.257 e. The molecule has 2 aromatic carbocycles. The Morgan fingerprint density at radius 3 is 1.90 bits per heavy atom. The number of rotatable bonds is 5. The number of ether oxygens (including phenoxy) is 1. The zero-order valence-corrected chi connectivity index (χ0v) is 18.3. The van der Waals surface area contributed by atoms with E-state index in [1.54, 1.807) is 4.57 Å². The SMILES string of the molecule is CC.CCN.Cc1c(OCc2ccccc2)cc(C)n(Cc2ccccc2)c1=O. The minimum atomic E-state index is 0.00177. The fourth-order valence-electron chi connectivity index (χ4n) is 2.69. The van der Waals surface area contributed by atoms with Gasteiger partial charge in [-0.05, 0) is 37.6 Å². The average Bonchev–Trinajstić information content (AvgIpc) is 2.76. The summed E-state index contributed by atoms with van der Waals surface area (Å²) in [5.41, 5.74) is 8.59. The van der Waals surface area contributed by atoms with Crippen molar-refractivity contribution in [2.45, 2.75) is 47.8 Å². The van der Waals surface area contributed by atoms with Gasteiger partial charge in [0, 0.05) is 5.69 Å². The van der Waals surface area contributed by atoms with Crippen molar-refractivity contribution in [3.8, 4) is 5.75 Å². The van der Waals surface area contributed by atoms with E-state index in [1.807, 2.05) is 101 Å². The van der Waals surface area contributed by atoms with Crippen molar-refractivity contribution in [3.63, 3.8) is 0 Å². The number of pyridine rings is 1. The van der Waals surface area contributed by atoms with Crippen LogP contribution in [-0.2, 0) is 13.2 Å². The minimum absolute atomic E-state index is 0.00177. The molecular weight excluding hydrogens is 360 g/mol. The van der Waals surface area contributed by atoms with Crippen molar-refractivity contribution < 1.29 is 4.74 Å². The molecule has 0 aliphatic rings. The summed E-state index contributed by atoms with van der Waals surface area (Å²) in [6.07, 6.45) is 0. The van der Waals surface area contributed by atoms with E-state index in [4.69, 9.17) is 10.5 Å². The number of nitrogens with two attached hydrogens (primary N) is 1. The van der Waals surface area contributed by atoms with E-state index >= 15 is 0 Å². The quantitative estimate of drug-likeness (QED) is 0.656. The van der Waals surface area contributed by atoms with Crippen LogP contribution in [-0.4, -0.2) is 11.1 Å². The Hall–Kier alpha value is -2.85. The van der Waals surface area contributed by atoms with Crippen LogP contribution in [0.2, 0.25) is 0 Å². The lowest BCUT2D eigenvalue weighted by molar-refractivity contribution is 0.302. The van der Waals surface area contributed by atoms with Crippen molar-refractivity contribution in [2.75, 3.05) is 6.54 Å². The summed E-state index contributed by atoms with van der Waals surface area (Å²) in [5, 5.41) is 0. The van der Waals surface area contributed by atoms with E-state index in [0.29, 0.717) is 24.5 Å². The Labute approximate surface area is 175 Å². The molecule has 29 heavy (non-hydrogen) atoms. The van der Waals surface area contributed by atoms with Crippen molar-refractivity contribution >= 4 is 0 Å². The maximum absolute atomic E-state index is 12.7. The molecule has 2 N–H and O–H groups in total. The number of nitrogens with zero attached hydrogens (tertiary/aromatic N) is 1. The molecule has 0 fully saturated rings. The molecule has 3 rings (SSSR count). The Balaban J connectivity index is 0.000000771. The zero-order chi connectivity index (χ0) is 21.6. The molecule has 156 valence electrons. The van der Waals surface area contributed by atoms with Crippen LogP contribution in [0.5, 0.6) is 5.75 Å². The predicted molar refractivity (Wildman–Crippen MR) is 123 cm³/mol. The zero-order valence-electron chi connectivity index (χ0n) is 18.3. The van der Waals surface area contributed by atoms with Gasteiger partial charge in [-0.3, -0.25) is 4.79 Å². The second kappa shape index (κ2) is 13.3. The summed E-state index contributed by atoms with van der Waals surface area (Å²) in [6, 6.07) is 21.9. The molecule has 0 amide bonds. The Morgan fingerprint density at radius 1 is 0.897 bits per heavy atom. The number of benzene rings is 2. The second-order valence-corrected chi connectivity index (χ2v) is 6.33. The molecule has 0 atom stereocenters. The van der Waals surface area contributed by atoms with Gasteiger partial charge in [-0.25, -0.2) is 0 Å². The van der Waals surface area contributed by atoms with Crippen LogP contribution in [0.1, 0.15) is 43.2 Å². The maximum atomic E-state index is 12.7. The molecule has 4 nitrogen and oxygen atoms in total. The lowest BCUT2D eigenvalue weighted by Gasteiger charge is -2.15. The number of aromatic nitrogens is 1. The largest absolute Gasteiger partial charge is 0.488 e. The Kier molecular flexibility index (Phi) is 11.1. The van der Waals surface area contributed by atoms with Crippen LogP contribution in [0.15, 0.2) is 71.5 Å². The molecule has 4 heteroatoms. The highest BCUT2D eigenvalue weighted by molar-refractivity contribution is 5.33. The first-order valence-corrected chi connectivity index (χ1v) is 10.2. The van der Waals surface area contributed by atoms with Crippen molar-refractivity contribution in [3.05, 3.63) is 99.5 Å². The monoisotopic (exact) mass is 394 g/mol. The summed E-state index contributed by atoms with van der Waals surface area (Å²) >= 11 is 0. The molecule has 0 spiro atoms. The van der Waals surface area contributed by atoms with E-state index in [2.05, 4.69) is 0 Å². The van der Waals surface area contributed by atoms with Crippen molar-refractivity contribution in [1.82, 2.24) is 4.57 Å². The Morgan fingerprint density at radius 2 is 1.38 bits per heavy atom. The predicted octanol–water partition coefficient (Wildman–Crippen LogP) is 5.08. The lowest BCUT2D eigenvalue weighted by Crippen LogP contribution is -2.25. The van der Waals surface area contributed by atoms with Gasteiger partial charge in [0.2, 0.25) is 0 Å². The van der Waals surface area contributed by atoms with Crippen LogP contribution >= 0.6 is 0 Å². The van der Waals surface area contributed by atoms with Crippen molar-refractivity contribution in [1.29, 1.82) is 0 Å². The molecule has 0 aliphatic carbocycles. The third-order valence-electron chi connectivity index (χ3n) is 4.12.